The fraction of sp³-hybridized carbons (Fsp3) is 0.111. The number of pyridine rings is 3. The lowest BCUT2D eigenvalue weighted by Gasteiger charge is -2.06. The topological polar surface area (TPSA) is 95.2 Å². The summed E-state index contributed by atoms with van der Waals surface area (Å²) in [6.45, 7) is 3.81. The number of hydrogen-bond donors (Lipinski definition) is 3. The summed E-state index contributed by atoms with van der Waals surface area (Å²) in [6.07, 6.45) is 9.26. The van der Waals surface area contributed by atoms with Crippen LogP contribution in [0, 0.1) is 0 Å². The van der Waals surface area contributed by atoms with E-state index in [2.05, 4.69) is 78.8 Å². The Morgan fingerprint density at radius 1 is 0.853 bits per heavy atom. The third-order valence-corrected chi connectivity index (χ3v) is 6.04. The monoisotopic (exact) mass is 445 g/mol. The molecule has 0 atom stereocenters. The number of aromatic nitrogens is 6. The Hall–Kier alpha value is -4.36. The molecule has 6 aromatic rings. The Labute approximate surface area is 196 Å². The van der Waals surface area contributed by atoms with Gasteiger partial charge in [0.1, 0.15) is 0 Å². The van der Waals surface area contributed by atoms with Crippen LogP contribution in [0.25, 0.3) is 55.6 Å². The molecule has 7 heteroatoms. The van der Waals surface area contributed by atoms with Crippen molar-refractivity contribution in [3.63, 3.8) is 0 Å². The second kappa shape index (κ2) is 8.53. The highest BCUT2D eigenvalue weighted by Crippen LogP contribution is 2.34. The van der Waals surface area contributed by atoms with Crippen LogP contribution >= 0.6 is 0 Å². The van der Waals surface area contributed by atoms with Gasteiger partial charge in [-0.1, -0.05) is 19.1 Å². The minimum atomic E-state index is 0.684. The quantitative estimate of drug-likeness (QED) is 0.322. The smallest absolute Gasteiger partial charge is 0.181 e. The molecule has 0 saturated heterocycles. The molecular formula is C27H23N7. The van der Waals surface area contributed by atoms with Crippen molar-refractivity contribution in [3.05, 3.63) is 85.1 Å². The van der Waals surface area contributed by atoms with Gasteiger partial charge in [0, 0.05) is 64.9 Å². The number of benzene rings is 1. The number of aromatic amines is 2. The van der Waals surface area contributed by atoms with Gasteiger partial charge in [0.2, 0.25) is 0 Å². The number of hydrogen-bond acceptors (Lipinski definition) is 5. The average molecular weight is 446 g/mol. The molecule has 0 aliphatic rings. The van der Waals surface area contributed by atoms with Crippen LogP contribution in [-0.4, -0.2) is 36.7 Å². The Morgan fingerprint density at radius 3 is 2.62 bits per heavy atom. The lowest BCUT2D eigenvalue weighted by molar-refractivity contribution is 0.724. The zero-order valence-electron chi connectivity index (χ0n) is 18.7. The van der Waals surface area contributed by atoms with Gasteiger partial charge in [0.25, 0.3) is 0 Å². The largest absolute Gasteiger partial charge is 0.353 e. The van der Waals surface area contributed by atoms with Crippen molar-refractivity contribution in [2.75, 3.05) is 6.54 Å². The molecule has 34 heavy (non-hydrogen) atoms. The number of nitrogens with one attached hydrogen (secondary N) is 3. The first-order valence-electron chi connectivity index (χ1n) is 11.3. The highest BCUT2D eigenvalue weighted by Gasteiger charge is 2.15. The molecule has 0 bridgehead atoms. The molecule has 5 heterocycles. The van der Waals surface area contributed by atoms with Crippen molar-refractivity contribution < 1.29 is 0 Å². The van der Waals surface area contributed by atoms with Gasteiger partial charge in [-0.15, -0.1) is 0 Å². The molecule has 6 rings (SSSR count). The minimum absolute atomic E-state index is 0.684. The zero-order chi connectivity index (χ0) is 22.9. The van der Waals surface area contributed by atoms with Crippen LogP contribution in [0.15, 0.2) is 79.5 Å². The van der Waals surface area contributed by atoms with Crippen LogP contribution in [-0.2, 0) is 6.54 Å². The van der Waals surface area contributed by atoms with E-state index in [0.29, 0.717) is 5.65 Å². The predicted molar refractivity (Wildman–Crippen MR) is 135 cm³/mol. The van der Waals surface area contributed by atoms with Crippen molar-refractivity contribution in [1.29, 1.82) is 0 Å². The Bertz CT molecular complexity index is 1600. The van der Waals surface area contributed by atoms with E-state index in [1.807, 2.05) is 43.1 Å². The van der Waals surface area contributed by atoms with Crippen LogP contribution in [0.1, 0.15) is 12.5 Å². The molecule has 0 radical (unpaired) electrons. The first-order valence-corrected chi connectivity index (χ1v) is 11.3. The van der Waals surface area contributed by atoms with Crippen LogP contribution in [0.5, 0.6) is 0 Å². The van der Waals surface area contributed by atoms with Gasteiger partial charge in [0.05, 0.1) is 11.4 Å². The highest BCUT2D eigenvalue weighted by molar-refractivity contribution is 6.01. The minimum Gasteiger partial charge on any atom is -0.353 e. The van der Waals surface area contributed by atoms with E-state index in [1.165, 1.54) is 0 Å². The van der Waals surface area contributed by atoms with Gasteiger partial charge in [-0.25, -0.2) is 4.98 Å². The summed E-state index contributed by atoms with van der Waals surface area (Å²) in [5.74, 6) is 0. The van der Waals surface area contributed by atoms with Gasteiger partial charge in [0.15, 0.2) is 5.65 Å². The summed E-state index contributed by atoms with van der Waals surface area (Å²) in [5.41, 5.74) is 9.12. The predicted octanol–water partition coefficient (Wildman–Crippen LogP) is 5.34. The molecule has 0 fully saturated rings. The second-order valence-corrected chi connectivity index (χ2v) is 8.24. The lowest BCUT2D eigenvalue weighted by Crippen LogP contribution is -2.11. The Balaban J connectivity index is 1.44. The van der Waals surface area contributed by atoms with E-state index in [9.17, 15) is 0 Å². The maximum absolute atomic E-state index is 4.61. The molecule has 0 saturated carbocycles. The van der Waals surface area contributed by atoms with Gasteiger partial charge < -0.3 is 10.3 Å². The van der Waals surface area contributed by atoms with Crippen LogP contribution < -0.4 is 5.32 Å². The van der Waals surface area contributed by atoms with E-state index in [-0.39, 0.29) is 0 Å². The first kappa shape index (κ1) is 20.3. The van der Waals surface area contributed by atoms with Crippen molar-refractivity contribution in [3.8, 4) is 33.6 Å². The molecule has 1 aromatic carbocycles. The van der Waals surface area contributed by atoms with Crippen LogP contribution in [0.2, 0.25) is 0 Å². The van der Waals surface area contributed by atoms with Crippen LogP contribution in [0.4, 0.5) is 0 Å². The number of H-pyrrole nitrogens is 2. The third-order valence-electron chi connectivity index (χ3n) is 6.04. The molecule has 0 spiro atoms. The van der Waals surface area contributed by atoms with Crippen molar-refractivity contribution >= 4 is 21.9 Å². The molecule has 7 nitrogen and oxygen atoms in total. The molecule has 5 aromatic heterocycles. The van der Waals surface area contributed by atoms with Gasteiger partial charge in [-0.3, -0.25) is 15.1 Å². The number of nitrogens with zero attached hydrogens (tertiary/aromatic N) is 4. The van der Waals surface area contributed by atoms with E-state index in [0.717, 1.165) is 68.6 Å². The Kier molecular flexibility index (Phi) is 5.08. The Morgan fingerprint density at radius 2 is 1.74 bits per heavy atom. The molecular weight excluding hydrogens is 422 g/mol. The highest BCUT2D eigenvalue weighted by atomic mass is 15.2. The number of rotatable bonds is 6. The normalized spacial score (nSPS) is 11.4. The summed E-state index contributed by atoms with van der Waals surface area (Å²) in [5, 5.41) is 13.1. The van der Waals surface area contributed by atoms with Crippen molar-refractivity contribution in [2.24, 2.45) is 0 Å². The molecule has 0 aliphatic carbocycles. The fourth-order valence-corrected chi connectivity index (χ4v) is 4.35. The zero-order valence-corrected chi connectivity index (χ0v) is 18.7. The van der Waals surface area contributed by atoms with Gasteiger partial charge in [-0.05, 0) is 59.6 Å². The molecule has 0 amide bonds. The van der Waals surface area contributed by atoms with Crippen molar-refractivity contribution in [2.45, 2.75) is 13.5 Å². The summed E-state index contributed by atoms with van der Waals surface area (Å²) in [4.78, 5) is 16.7. The van der Waals surface area contributed by atoms with E-state index in [4.69, 9.17) is 0 Å². The summed E-state index contributed by atoms with van der Waals surface area (Å²) in [7, 11) is 0. The number of fused-ring (bicyclic) bond motifs is 2. The molecule has 0 unspecified atom stereocenters. The fourth-order valence-electron chi connectivity index (χ4n) is 4.35. The molecule has 0 aliphatic heterocycles. The standard InChI is InChI=1S/C27H23N7/c1-2-28-13-17-10-19(15-30-14-17)20-11-23-26(33-34-27(23)31-16-20)25-12-22-21(4-3-5-24(22)32-25)18-6-8-29-9-7-18/h3-12,14-16,28,32H,2,13H2,1H3,(H,31,33,34). The first-order chi connectivity index (χ1) is 16.8. The average Bonchev–Trinajstić information content (AvgIpc) is 3.51. The van der Waals surface area contributed by atoms with Gasteiger partial charge in [-0.2, -0.15) is 5.10 Å². The second-order valence-electron chi connectivity index (χ2n) is 8.24. The van der Waals surface area contributed by atoms with E-state index < -0.39 is 0 Å². The van der Waals surface area contributed by atoms with E-state index >= 15 is 0 Å². The summed E-state index contributed by atoms with van der Waals surface area (Å²) < 4.78 is 0. The van der Waals surface area contributed by atoms with Crippen LogP contribution in [0.3, 0.4) is 0 Å². The summed E-state index contributed by atoms with van der Waals surface area (Å²) in [6, 6.07) is 16.8. The van der Waals surface area contributed by atoms with Crippen molar-refractivity contribution in [1.82, 2.24) is 35.5 Å². The third kappa shape index (κ3) is 3.62. The maximum Gasteiger partial charge on any atom is 0.181 e. The van der Waals surface area contributed by atoms with E-state index in [1.54, 1.807) is 0 Å². The molecule has 3 N–H and O–H groups in total. The maximum atomic E-state index is 4.61. The molecule has 166 valence electrons. The SMILES string of the molecule is CCNCc1cncc(-c2cnc3n[nH]c(-c4cc5c(-c6ccncc6)cccc5[nH]4)c3c2)c1. The van der Waals surface area contributed by atoms with Gasteiger partial charge >= 0.3 is 0 Å². The summed E-state index contributed by atoms with van der Waals surface area (Å²) >= 11 is 0. The lowest BCUT2D eigenvalue weighted by atomic mass is 10.0.